The van der Waals surface area contributed by atoms with Gasteiger partial charge in [-0.3, -0.25) is 23.7 Å². The number of rotatable bonds is 14. The largest absolute Gasteiger partial charge is 0.489 e. The van der Waals surface area contributed by atoms with E-state index in [0.717, 1.165) is 60.7 Å². The Hall–Kier alpha value is -4.45. The second-order valence-corrected chi connectivity index (χ2v) is 21.2. The summed E-state index contributed by atoms with van der Waals surface area (Å²) in [5.74, 6) is -2.21. The standard InChI is InChI=1S/C17H17ClFNO4.C15H22ClNO2.C11H11Cl2NO2.C5H12NO4P/c1-9(2)15-16(21)20(17(22)24-15)13-8-14(11(18)7-12(13)19)23-10-5-3-4-6-10;1-5-13-8-6-7-11(2)15(13)17(14(18)9-16)12(3)10-19-4;1-7-6-16-9-5-3-2-4-8(9)14(7)11(15)10(12)13;1-11(9,10)3-2-4(6)5(7)8/h7-8,10H,3-6H2,1-2H3;6-8,12H,5,9-10H2,1-4H3;2-5,7,10H,6H2,1H3;4H,2-3,6H2,1H3,(H,7,8)(H,9,10). The van der Waals surface area contributed by atoms with Gasteiger partial charge in [0.1, 0.15) is 35.8 Å². The van der Waals surface area contributed by atoms with E-state index in [-0.39, 0.29) is 70.7 Å². The first-order valence-electron chi connectivity index (χ1n) is 22.3. The highest BCUT2D eigenvalue weighted by Crippen LogP contribution is 2.39. The molecule has 0 aromatic heterocycles. The number of aryl methyl sites for hydroxylation is 2. The summed E-state index contributed by atoms with van der Waals surface area (Å²) in [7, 11) is -1.47. The van der Waals surface area contributed by atoms with Gasteiger partial charge in [0.2, 0.25) is 5.91 Å². The van der Waals surface area contributed by atoms with Crippen LogP contribution in [0.2, 0.25) is 5.02 Å². The zero-order chi connectivity index (χ0) is 52.6. The van der Waals surface area contributed by atoms with E-state index < -0.39 is 42.0 Å². The molecule has 0 spiro atoms. The number of para-hydroxylation sites is 3. The molecule has 4 unspecified atom stereocenters. The van der Waals surface area contributed by atoms with Gasteiger partial charge in [0.15, 0.2) is 18.0 Å². The number of cyclic esters (lactones) is 1. The lowest BCUT2D eigenvalue weighted by Gasteiger charge is -2.35. The Morgan fingerprint density at radius 3 is 2.24 bits per heavy atom. The van der Waals surface area contributed by atoms with Crippen molar-refractivity contribution in [1.82, 2.24) is 0 Å². The Kier molecular flexibility index (Phi) is 23.9. The van der Waals surface area contributed by atoms with Crippen LogP contribution in [-0.2, 0) is 39.6 Å². The molecule has 386 valence electrons. The van der Waals surface area contributed by atoms with E-state index in [1.807, 2.05) is 57.2 Å². The number of carboxylic acids is 1. The third-order valence-corrected chi connectivity index (χ3v) is 12.9. The minimum Gasteiger partial charge on any atom is -0.489 e. The Labute approximate surface area is 428 Å². The number of methoxy groups -OCH3 is 1. The van der Waals surface area contributed by atoms with Crippen molar-refractivity contribution in [3.8, 4) is 11.5 Å². The molecule has 4 N–H and O–H groups in total. The van der Waals surface area contributed by atoms with E-state index in [0.29, 0.717) is 29.4 Å². The fourth-order valence-electron chi connectivity index (χ4n) is 7.42. The lowest BCUT2D eigenvalue weighted by atomic mass is 10.0. The average Bonchev–Trinajstić information content (AvgIpc) is 3.93. The normalized spacial score (nSPS) is 17.0. The summed E-state index contributed by atoms with van der Waals surface area (Å²) < 4.78 is 46.4. The second kappa shape index (κ2) is 28.0. The maximum Gasteiger partial charge on any atom is 0.427 e. The number of anilines is 3. The number of amides is 4. The predicted molar refractivity (Wildman–Crippen MR) is 272 cm³/mol. The molecule has 2 heterocycles. The van der Waals surface area contributed by atoms with Crippen molar-refractivity contribution in [3.05, 3.63) is 87.9 Å². The molecule has 6 rings (SSSR count). The number of carbonyl (C=O) groups is 5. The Morgan fingerprint density at radius 2 is 1.70 bits per heavy atom. The van der Waals surface area contributed by atoms with Crippen LogP contribution in [0, 0.1) is 12.7 Å². The number of hydrogen-bond acceptors (Lipinski definition) is 11. The highest BCUT2D eigenvalue weighted by Gasteiger charge is 2.40. The molecule has 3 aliphatic rings. The number of nitrogens with two attached hydrogens (primary N) is 1. The zero-order valence-corrected chi connectivity index (χ0v) is 44.3. The number of imide groups is 1. The van der Waals surface area contributed by atoms with E-state index >= 15 is 0 Å². The number of halogens is 5. The van der Waals surface area contributed by atoms with E-state index in [1.165, 1.54) is 12.7 Å². The molecule has 0 bridgehead atoms. The first-order chi connectivity index (χ1) is 32.9. The van der Waals surface area contributed by atoms with Crippen molar-refractivity contribution in [2.24, 2.45) is 5.73 Å². The van der Waals surface area contributed by atoms with Gasteiger partial charge in [-0.25, -0.2) is 14.1 Å². The maximum absolute atomic E-state index is 14.3. The van der Waals surface area contributed by atoms with Gasteiger partial charge >= 0.3 is 18.0 Å². The third-order valence-electron chi connectivity index (χ3n) is 10.9. The number of ether oxygens (including phenoxy) is 4. The monoisotopic (exact) mass is 1080 g/mol. The van der Waals surface area contributed by atoms with Crippen LogP contribution in [-0.4, -0.2) is 108 Å². The number of allylic oxidation sites excluding steroid dienone is 1. The molecule has 4 atom stereocenters. The topological polar surface area (TPSA) is 216 Å². The van der Waals surface area contributed by atoms with Crippen molar-refractivity contribution in [2.75, 3.05) is 53.7 Å². The fourth-order valence-corrected chi connectivity index (χ4v) is 8.71. The highest BCUT2D eigenvalue weighted by atomic mass is 35.5. The molecule has 22 heteroatoms. The lowest BCUT2D eigenvalue weighted by Crippen LogP contribution is -2.47. The molecule has 1 saturated heterocycles. The summed E-state index contributed by atoms with van der Waals surface area (Å²) >= 11 is 23.1. The number of carboxylic acid groups (broad SMARTS) is 1. The van der Waals surface area contributed by atoms with E-state index in [4.69, 9.17) is 81.1 Å². The first kappa shape index (κ1) is 59.9. The summed E-state index contributed by atoms with van der Waals surface area (Å²) in [6.07, 6.45) is 3.88. The Balaban J connectivity index is 0.000000256. The summed E-state index contributed by atoms with van der Waals surface area (Å²) in [6, 6.07) is 14.6. The maximum atomic E-state index is 14.3. The smallest absolute Gasteiger partial charge is 0.427 e. The molecule has 2 fully saturated rings. The molecule has 0 radical (unpaired) electrons. The van der Waals surface area contributed by atoms with Crippen molar-refractivity contribution < 1.29 is 61.9 Å². The third kappa shape index (κ3) is 16.8. The molecule has 1 aliphatic carbocycles. The van der Waals surface area contributed by atoms with Crippen molar-refractivity contribution >= 4 is 101 Å². The molecule has 16 nitrogen and oxygen atoms in total. The molecule has 1 saturated carbocycles. The number of aliphatic carboxylic acids is 1. The van der Waals surface area contributed by atoms with Crippen LogP contribution in [0.25, 0.3) is 0 Å². The molecular formula is C48H62Cl4FN4O12P. The molecule has 3 aromatic carbocycles. The summed E-state index contributed by atoms with van der Waals surface area (Å²) in [5, 5.41) is 8.38. The second-order valence-electron chi connectivity index (χ2n) is 16.9. The number of hydrogen-bond donors (Lipinski definition) is 3. The molecule has 70 heavy (non-hydrogen) atoms. The Morgan fingerprint density at radius 1 is 1.06 bits per heavy atom. The van der Waals surface area contributed by atoms with Gasteiger partial charge in [-0.1, -0.05) is 72.1 Å². The highest BCUT2D eigenvalue weighted by molar-refractivity contribution is 7.57. The van der Waals surface area contributed by atoms with Crippen LogP contribution in [0.1, 0.15) is 77.8 Å². The average molecular weight is 1080 g/mol. The molecular weight excluding hydrogens is 1020 g/mol. The molecule has 2 aliphatic heterocycles. The summed E-state index contributed by atoms with van der Waals surface area (Å²) in [4.78, 5) is 70.2. The molecule has 3 aromatic rings. The zero-order valence-electron chi connectivity index (χ0n) is 40.4. The predicted octanol–water partition coefficient (Wildman–Crippen LogP) is 10.0. The van der Waals surface area contributed by atoms with Crippen LogP contribution in [0.15, 0.2) is 65.9 Å². The first-order valence-corrected chi connectivity index (χ1v) is 26.4. The van der Waals surface area contributed by atoms with E-state index in [1.54, 1.807) is 30.8 Å². The van der Waals surface area contributed by atoms with Gasteiger partial charge in [0.05, 0.1) is 46.9 Å². The van der Waals surface area contributed by atoms with Gasteiger partial charge in [-0.2, -0.15) is 0 Å². The fraction of sp³-hybridized carbons (Fsp3) is 0.479. The van der Waals surface area contributed by atoms with Gasteiger partial charge in [-0.15, -0.1) is 11.6 Å². The SMILES string of the molecule is CC(C)=C1OC(=O)N(c2cc(OC3CCCC3)c(Cl)cc2F)C1=O.CC1COc2ccccc2N1C(=O)C(Cl)Cl.CCc1cccc(C)c1N(C(=O)CCl)C(C)COC.CP(=O)(O)CCC(N)C(=O)O. The van der Waals surface area contributed by atoms with E-state index in [2.05, 4.69) is 13.0 Å². The van der Waals surface area contributed by atoms with Crippen LogP contribution in [0.3, 0.4) is 0 Å². The quantitative estimate of drug-likeness (QED) is 0.0779. The van der Waals surface area contributed by atoms with Crippen LogP contribution in [0.4, 0.5) is 26.2 Å². The minimum absolute atomic E-state index is 0.00962. The van der Waals surface area contributed by atoms with Crippen LogP contribution in [0.5, 0.6) is 11.5 Å². The van der Waals surface area contributed by atoms with Gasteiger partial charge < -0.3 is 44.5 Å². The van der Waals surface area contributed by atoms with Crippen molar-refractivity contribution in [2.45, 2.75) is 109 Å². The number of alkyl halides is 3. The lowest BCUT2D eigenvalue weighted by molar-refractivity contribution is -0.138. The number of benzene rings is 3. The van der Waals surface area contributed by atoms with Crippen LogP contribution < -0.4 is 29.9 Å². The van der Waals surface area contributed by atoms with Crippen molar-refractivity contribution in [3.63, 3.8) is 0 Å². The molecule has 4 amide bonds. The van der Waals surface area contributed by atoms with Gasteiger partial charge in [-0.05, 0) is 108 Å². The van der Waals surface area contributed by atoms with Crippen molar-refractivity contribution in [1.29, 1.82) is 0 Å². The minimum atomic E-state index is -3.10. The summed E-state index contributed by atoms with van der Waals surface area (Å²) in [6.45, 7) is 13.4. The van der Waals surface area contributed by atoms with Gasteiger partial charge in [0.25, 0.3) is 5.91 Å². The van der Waals surface area contributed by atoms with Gasteiger partial charge in [0, 0.05) is 26.0 Å². The van der Waals surface area contributed by atoms with Crippen LogP contribution >= 0.6 is 53.8 Å². The summed E-state index contributed by atoms with van der Waals surface area (Å²) in [5.41, 5.74) is 9.33. The Bertz CT molecular complexity index is 2400. The number of carbonyl (C=O) groups excluding carboxylic acids is 4. The number of fused-ring (bicyclic) bond motifs is 1. The number of nitrogens with zero attached hydrogens (tertiary/aromatic N) is 3. The van der Waals surface area contributed by atoms with E-state index in [9.17, 15) is 32.9 Å².